The van der Waals surface area contributed by atoms with Crippen LogP contribution in [-0.2, 0) is 14.3 Å². The smallest absolute Gasteiger partial charge is 0.254 e. The van der Waals surface area contributed by atoms with Gasteiger partial charge in [-0.2, -0.15) is 5.10 Å². The van der Waals surface area contributed by atoms with Crippen LogP contribution in [0.1, 0.15) is 37.4 Å². The normalized spacial score (nSPS) is 22.1. The maximum absolute atomic E-state index is 15.0. The zero-order valence-corrected chi connectivity index (χ0v) is 19.8. The number of carbonyl (C=O) groups is 1. The van der Waals surface area contributed by atoms with Gasteiger partial charge in [0, 0.05) is 46.8 Å². The van der Waals surface area contributed by atoms with Gasteiger partial charge in [0.05, 0.1) is 29.5 Å². The molecule has 1 amide bonds. The summed E-state index contributed by atoms with van der Waals surface area (Å²) in [4.78, 5) is 13.5. The predicted molar refractivity (Wildman–Crippen MR) is 132 cm³/mol. The van der Waals surface area contributed by atoms with Crippen LogP contribution in [0.3, 0.4) is 0 Å². The van der Waals surface area contributed by atoms with Gasteiger partial charge in [0.25, 0.3) is 5.91 Å². The summed E-state index contributed by atoms with van der Waals surface area (Å²) < 4.78 is 28.7. The third-order valence-electron chi connectivity index (χ3n) is 7.07. The molecule has 0 aliphatic carbocycles. The van der Waals surface area contributed by atoms with Crippen molar-refractivity contribution in [3.8, 4) is 11.1 Å². The molecule has 4 heterocycles. The summed E-state index contributed by atoms with van der Waals surface area (Å²) in [7, 11) is 0. The second-order valence-electron chi connectivity index (χ2n) is 9.15. The van der Waals surface area contributed by atoms with E-state index < -0.39 is 5.82 Å². The highest BCUT2D eigenvalue weighted by molar-refractivity contribution is 6.33. The van der Waals surface area contributed by atoms with Gasteiger partial charge in [0.1, 0.15) is 5.82 Å². The second kappa shape index (κ2) is 9.22. The van der Waals surface area contributed by atoms with Crippen molar-refractivity contribution in [3.05, 3.63) is 76.8 Å². The number of benzene rings is 2. The van der Waals surface area contributed by atoms with E-state index in [1.165, 1.54) is 6.07 Å². The SMILES string of the molecule is O=C(Nc1ccc(-c2ccccc2Cl)c(F)c1)C1=C(c2ccnn2C2CCOCC2)C2CCC1O2. The van der Waals surface area contributed by atoms with Crippen molar-refractivity contribution >= 4 is 28.8 Å². The minimum Gasteiger partial charge on any atom is -0.381 e. The Morgan fingerprint density at radius 1 is 1.03 bits per heavy atom. The van der Waals surface area contributed by atoms with E-state index in [2.05, 4.69) is 10.4 Å². The molecule has 3 aliphatic heterocycles. The van der Waals surface area contributed by atoms with Crippen LogP contribution in [0, 0.1) is 5.82 Å². The van der Waals surface area contributed by atoms with Gasteiger partial charge in [0.15, 0.2) is 0 Å². The number of halogens is 2. The molecule has 35 heavy (non-hydrogen) atoms. The van der Waals surface area contributed by atoms with Crippen molar-refractivity contribution in [2.45, 2.75) is 43.9 Å². The summed E-state index contributed by atoms with van der Waals surface area (Å²) in [6, 6.07) is 14.0. The van der Waals surface area contributed by atoms with E-state index in [0.717, 1.165) is 37.0 Å². The molecule has 6 rings (SSSR count). The average molecular weight is 494 g/mol. The Morgan fingerprint density at radius 2 is 1.83 bits per heavy atom. The first-order chi connectivity index (χ1) is 17.1. The Hall–Kier alpha value is -3.00. The van der Waals surface area contributed by atoms with E-state index in [-0.39, 0.29) is 24.2 Å². The minimum absolute atomic E-state index is 0.129. The van der Waals surface area contributed by atoms with E-state index in [9.17, 15) is 9.18 Å². The summed E-state index contributed by atoms with van der Waals surface area (Å²) in [5.74, 6) is -0.719. The molecule has 8 heteroatoms. The molecule has 0 saturated carbocycles. The third kappa shape index (κ3) is 4.07. The van der Waals surface area contributed by atoms with Crippen LogP contribution < -0.4 is 5.32 Å². The van der Waals surface area contributed by atoms with E-state index in [4.69, 9.17) is 21.1 Å². The van der Waals surface area contributed by atoms with E-state index in [1.807, 2.05) is 16.8 Å². The lowest BCUT2D eigenvalue weighted by atomic mass is 9.88. The lowest BCUT2D eigenvalue weighted by Crippen LogP contribution is -2.26. The Labute approximate surface area is 207 Å². The number of hydrogen-bond acceptors (Lipinski definition) is 4. The summed E-state index contributed by atoms with van der Waals surface area (Å²) in [5.41, 5.74) is 3.82. The van der Waals surface area contributed by atoms with E-state index in [1.54, 1.807) is 36.5 Å². The fourth-order valence-electron chi connectivity index (χ4n) is 5.42. The van der Waals surface area contributed by atoms with Crippen molar-refractivity contribution in [3.63, 3.8) is 0 Å². The fourth-order valence-corrected chi connectivity index (χ4v) is 5.66. The molecule has 2 unspecified atom stereocenters. The monoisotopic (exact) mass is 493 g/mol. The fraction of sp³-hybridized carbons (Fsp3) is 0.333. The van der Waals surface area contributed by atoms with E-state index in [0.29, 0.717) is 40.6 Å². The van der Waals surface area contributed by atoms with Crippen molar-refractivity contribution < 1.29 is 18.7 Å². The zero-order chi connectivity index (χ0) is 23.9. The quantitative estimate of drug-likeness (QED) is 0.499. The van der Waals surface area contributed by atoms with Gasteiger partial charge in [-0.3, -0.25) is 9.48 Å². The van der Waals surface area contributed by atoms with Crippen molar-refractivity contribution in [1.29, 1.82) is 0 Å². The molecule has 2 saturated heterocycles. The van der Waals surface area contributed by atoms with Gasteiger partial charge in [-0.25, -0.2) is 4.39 Å². The maximum atomic E-state index is 15.0. The van der Waals surface area contributed by atoms with Crippen LogP contribution in [-0.4, -0.2) is 41.1 Å². The van der Waals surface area contributed by atoms with Crippen molar-refractivity contribution in [2.24, 2.45) is 0 Å². The highest BCUT2D eigenvalue weighted by Crippen LogP contribution is 2.45. The first kappa shape index (κ1) is 22.5. The molecule has 0 radical (unpaired) electrons. The molecule has 3 aliphatic rings. The number of hydrogen-bond donors (Lipinski definition) is 1. The molecule has 180 valence electrons. The molecule has 3 aromatic rings. The Kier molecular flexibility index (Phi) is 5.92. The minimum atomic E-state index is -0.452. The van der Waals surface area contributed by atoms with Gasteiger partial charge in [-0.1, -0.05) is 29.8 Å². The average Bonchev–Trinajstić information content (AvgIpc) is 3.61. The number of fused-ring (bicyclic) bond motifs is 2. The number of anilines is 1. The molecule has 6 nitrogen and oxygen atoms in total. The van der Waals surface area contributed by atoms with Gasteiger partial charge in [-0.05, 0) is 56.0 Å². The summed E-state index contributed by atoms with van der Waals surface area (Å²) in [5, 5.41) is 7.95. The molecular weight excluding hydrogens is 469 g/mol. The number of nitrogens with one attached hydrogen (secondary N) is 1. The lowest BCUT2D eigenvalue weighted by Gasteiger charge is -2.26. The molecule has 2 fully saturated rings. The highest BCUT2D eigenvalue weighted by Gasteiger charge is 2.45. The second-order valence-corrected chi connectivity index (χ2v) is 9.56. The molecule has 0 spiro atoms. The first-order valence-corrected chi connectivity index (χ1v) is 12.3. The first-order valence-electron chi connectivity index (χ1n) is 12.0. The summed E-state index contributed by atoms with van der Waals surface area (Å²) in [6.45, 7) is 1.41. The van der Waals surface area contributed by atoms with Gasteiger partial charge < -0.3 is 14.8 Å². The molecule has 1 N–H and O–H groups in total. The number of nitrogens with zero attached hydrogens (tertiary/aromatic N) is 2. The number of ether oxygens (including phenoxy) is 2. The predicted octanol–water partition coefficient (Wildman–Crippen LogP) is 5.65. The zero-order valence-electron chi connectivity index (χ0n) is 19.0. The van der Waals surface area contributed by atoms with Crippen LogP contribution in [0.4, 0.5) is 10.1 Å². The Balaban J connectivity index is 1.30. The molecule has 2 bridgehead atoms. The van der Waals surface area contributed by atoms with Crippen molar-refractivity contribution in [1.82, 2.24) is 9.78 Å². The van der Waals surface area contributed by atoms with Crippen LogP contribution in [0.2, 0.25) is 5.02 Å². The maximum Gasteiger partial charge on any atom is 0.254 e. The topological polar surface area (TPSA) is 65.4 Å². The molecule has 2 aromatic carbocycles. The Bertz CT molecular complexity index is 1310. The standard InChI is InChI=1S/C27H25ClFN3O3/c28-20-4-2-1-3-18(20)19-6-5-16(15-21(19)29)31-27(33)26-24-8-7-23(35-24)25(26)22-9-12-30-32(22)17-10-13-34-14-11-17/h1-6,9,12,15,17,23-24H,7-8,10-11,13-14H2,(H,31,33). The number of aromatic nitrogens is 2. The van der Waals surface area contributed by atoms with Crippen LogP contribution in [0.15, 0.2) is 60.3 Å². The van der Waals surface area contributed by atoms with Crippen molar-refractivity contribution in [2.75, 3.05) is 18.5 Å². The van der Waals surface area contributed by atoms with Gasteiger partial charge >= 0.3 is 0 Å². The van der Waals surface area contributed by atoms with E-state index >= 15 is 0 Å². The third-order valence-corrected chi connectivity index (χ3v) is 7.40. The highest BCUT2D eigenvalue weighted by atomic mass is 35.5. The Morgan fingerprint density at radius 3 is 2.63 bits per heavy atom. The van der Waals surface area contributed by atoms with Crippen LogP contribution >= 0.6 is 11.6 Å². The molecule has 2 atom stereocenters. The van der Waals surface area contributed by atoms with Crippen LogP contribution in [0.25, 0.3) is 16.7 Å². The van der Waals surface area contributed by atoms with Gasteiger partial charge in [-0.15, -0.1) is 0 Å². The van der Waals surface area contributed by atoms with Gasteiger partial charge in [0.2, 0.25) is 0 Å². The largest absolute Gasteiger partial charge is 0.381 e. The van der Waals surface area contributed by atoms with Crippen LogP contribution in [0.5, 0.6) is 0 Å². The summed E-state index contributed by atoms with van der Waals surface area (Å²) in [6.07, 6.45) is 4.82. The number of carbonyl (C=O) groups excluding carboxylic acids is 1. The molecular formula is C27H25ClFN3O3. The number of rotatable bonds is 5. The molecule has 1 aromatic heterocycles. The number of amides is 1. The lowest BCUT2D eigenvalue weighted by molar-refractivity contribution is -0.113. The summed E-state index contributed by atoms with van der Waals surface area (Å²) >= 11 is 6.24.